The monoisotopic (exact) mass is 650 g/mol. The lowest BCUT2D eigenvalue weighted by atomic mass is 9.59. The minimum absolute atomic E-state index is 0.160. The van der Waals surface area contributed by atoms with Crippen molar-refractivity contribution in [2.75, 3.05) is 18.7 Å². The third-order valence-corrected chi connectivity index (χ3v) is 11.6. The van der Waals surface area contributed by atoms with Gasteiger partial charge in [-0.3, -0.25) is 4.98 Å². The Hall–Kier alpha value is -3.16. The van der Waals surface area contributed by atoms with E-state index in [1.54, 1.807) is 18.2 Å². The lowest BCUT2D eigenvalue weighted by Gasteiger charge is -2.47. The molecule has 3 aromatic rings. The molecule has 238 valence electrons. The first kappa shape index (κ1) is 30.5. The van der Waals surface area contributed by atoms with Crippen molar-refractivity contribution in [1.82, 2.24) is 4.98 Å². The molecule has 0 amide bonds. The van der Waals surface area contributed by atoms with Gasteiger partial charge in [-0.25, -0.2) is 4.79 Å². The van der Waals surface area contributed by atoms with Crippen LogP contribution in [0.3, 0.4) is 0 Å². The Morgan fingerprint density at radius 3 is 2.64 bits per heavy atom. The number of pyridine rings is 1. The first-order valence-corrected chi connectivity index (χ1v) is 16.9. The van der Waals surface area contributed by atoms with Crippen LogP contribution in [0.4, 0.5) is 5.69 Å². The molecular weight excluding hydrogens is 611 g/mol. The van der Waals surface area contributed by atoms with Crippen molar-refractivity contribution in [3.8, 4) is 17.2 Å². The second-order valence-corrected chi connectivity index (χ2v) is 14.5. The van der Waals surface area contributed by atoms with Crippen LogP contribution in [-0.4, -0.2) is 35.0 Å². The van der Waals surface area contributed by atoms with Crippen LogP contribution in [0.15, 0.2) is 42.6 Å². The van der Waals surface area contributed by atoms with E-state index < -0.39 is 11.5 Å². The van der Waals surface area contributed by atoms with Crippen molar-refractivity contribution in [3.05, 3.63) is 75.0 Å². The Balaban J connectivity index is 1.13. The van der Waals surface area contributed by atoms with E-state index in [-0.39, 0.29) is 12.2 Å². The molecule has 9 heteroatoms. The molecule has 2 aromatic carbocycles. The Labute approximate surface area is 274 Å². The molecule has 0 bridgehead atoms. The van der Waals surface area contributed by atoms with Gasteiger partial charge >= 0.3 is 5.97 Å². The fraction of sp³-hybridized carbons (Fsp3) is 0.500. The van der Waals surface area contributed by atoms with E-state index in [4.69, 9.17) is 37.4 Å². The molecule has 2 N–H and O–H groups in total. The van der Waals surface area contributed by atoms with Crippen LogP contribution in [0.2, 0.25) is 10.0 Å². The predicted octanol–water partition coefficient (Wildman–Crippen LogP) is 8.58. The Kier molecular flexibility index (Phi) is 8.06. The fourth-order valence-corrected chi connectivity index (χ4v) is 8.80. The molecule has 0 saturated heterocycles. The van der Waals surface area contributed by atoms with Gasteiger partial charge in [-0.15, -0.1) is 0 Å². The number of benzene rings is 2. The highest BCUT2D eigenvalue weighted by atomic mass is 35.5. The number of halogens is 2. The molecule has 4 aliphatic rings. The van der Waals surface area contributed by atoms with Crippen LogP contribution < -0.4 is 19.5 Å². The molecule has 1 spiro atoms. The summed E-state index contributed by atoms with van der Waals surface area (Å²) in [6.07, 6.45) is 9.61. The van der Waals surface area contributed by atoms with Crippen LogP contribution in [0, 0.1) is 11.8 Å². The Morgan fingerprint density at radius 1 is 1.11 bits per heavy atom. The lowest BCUT2D eigenvalue weighted by Crippen LogP contribution is -2.53. The van der Waals surface area contributed by atoms with Crippen molar-refractivity contribution < 1.29 is 24.1 Å². The first-order valence-electron chi connectivity index (χ1n) is 16.2. The Morgan fingerprint density at radius 2 is 1.89 bits per heavy atom. The van der Waals surface area contributed by atoms with Gasteiger partial charge in [0.15, 0.2) is 11.5 Å². The number of aliphatic carboxylic acids is 1. The van der Waals surface area contributed by atoms with Gasteiger partial charge in [-0.05, 0) is 128 Å². The molecule has 45 heavy (non-hydrogen) atoms. The maximum Gasteiger partial charge on any atom is 0.329 e. The van der Waals surface area contributed by atoms with E-state index in [0.717, 1.165) is 49.4 Å². The van der Waals surface area contributed by atoms with Crippen molar-refractivity contribution in [1.29, 1.82) is 0 Å². The molecular formula is C36H40Cl2N2O5. The second kappa shape index (κ2) is 11.9. The van der Waals surface area contributed by atoms with Crippen molar-refractivity contribution in [2.24, 2.45) is 11.8 Å². The number of anilines is 1. The molecule has 1 unspecified atom stereocenters. The molecule has 0 radical (unpaired) electrons. The zero-order valence-electron chi connectivity index (χ0n) is 25.8. The average Bonchev–Trinajstić information content (AvgIpc) is 3.60. The van der Waals surface area contributed by atoms with Crippen LogP contribution in [0.25, 0.3) is 0 Å². The summed E-state index contributed by atoms with van der Waals surface area (Å²) in [5, 5.41) is 14.7. The summed E-state index contributed by atoms with van der Waals surface area (Å²) >= 11 is 12.4. The molecule has 7 rings (SSSR count). The van der Waals surface area contributed by atoms with Gasteiger partial charge in [-0.1, -0.05) is 37.0 Å². The van der Waals surface area contributed by atoms with E-state index in [0.29, 0.717) is 52.9 Å². The zero-order valence-corrected chi connectivity index (χ0v) is 27.3. The van der Waals surface area contributed by atoms with Crippen LogP contribution in [0.1, 0.15) is 87.1 Å². The van der Waals surface area contributed by atoms with Crippen LogP contribution in [0.5, 0.6) is 17.2 Å². The van der Waals surface area contributed by atoms with E-state index in [1.807, 2.05) is 12.3 Å². The number of nitrogens with zero attached hydrogens (tertiary/aromatic N) is 1. The highest BCUT2D eigenvalue weighted by Crippen LogP contribution is 2.58. The summed E-state index contributed by atoms with van der Waals surface area (Å²) in [6.45, 7) is 5.41. The quantitative estimate of drug-likeness (QED) is 0.252. The second-order valence-electron chi connectivity index (χ2n) is 13.7. The zero-order chi connectivity index (χ0) is 31.3. The number of hydrogen-bond acceptors (Lipinski definition) is 6. The fourth-order valence-electron chi connectivity index (χ4n) is 8.50. The third-order valence-electron chi connectivity index (χ3n) is 10.9. The highest BCUT2D eigenvalue weighted by Gasteiger charge is 2.54. The molecule has 1 aliphatic heterocycles. The summed E-state index contributed by atoms with van der Waals surface area (Å²) in [7, 11) is 0. The average molecular weight is 652 g/mol. The standard InChI is InChI=1S/C36H40Cl2N2O5/c1-21(19-43-30-8-13-39-29-5-3-4-22(2)33(29)30)14-24-15-23-16-31-32(45-20-44-31)18-26(23)35(24)9-11-36(12-10-35,34(41)42)40-25-6-7-27(37)28(38)17-25/h6-8,13,16-18,21-22,24,40H,3-5,9-12,14-15,19-20H2,1-2H3,(H,41,42)/t21-,22-,24?,35?,36?/m1/s1. The number of rotatable bonds is 8. The first-order chi connectivity index (χ1) is 21.7. The molecule has 2 heterocycles. The normalized spacial score (nSPS) is 27.1. The number of carboxylic acid groups (broad SMARTS) is 1. The molecule has 1 fully saturated rings. The van der Waals surface area contributed by atoms with Gasteiger partial charge in [0.25, 0.3) is 0 Å². The predicted molar refractivity (Wildman–Crippen MR) is 175 cm³/mol. The minimum Gasteiger partial charge on any atom is -0.493 e. The third kappa shape index (κ3) is 5.50. The van der Waals surface area contributed by atoms with Crippen LogP contribution in [-0.2, 0) is 23.1 Å². The number of nitrogens with one attached hydrogen (secondary N) is 1. The smallest absolute Gasteiger partial charge is 0.329 e. The summed E-state index contributed by atoms with van der Waals surface area (Å²) in [5.74, 6) is 2.83. The minimum atomic E-state index is -1.10. The molecule has 3 atom stereocenters. The number of carbonyl (C=O) groups is 1. The van der Waals surface area contributed by atoms with Gasteiger partial charge in [0, 0.05) is 23.1 Å². The van der Waals surface area contributed by atoms with Gasteiger partial charge in [0.05, 0.1) is 16.7 Å². The van der Waals surface area contributed by atoms with Crippen molar-refractivity contribution in [2.45, 2.75) is 88.5 Å². The van der Waals surface area contributed by atoms with Gasteiger partial charge < -0.3 is 24.6 Å². The number of ether oxygens (including phenoxy) is 3. The largest absolute Gasteiger partial charge is 0.493 e. The summed E-state index contributed by atoms with van der Waals surface area (Å²) in [4.78, 5) is 17.5. The highest BCUT2D eigenvalue weighted by molar-refractivity contribution is 6.42. The number of fused-ring (bicyclic) bond motifs is 4. The van der Waals surface area contributed by atoms with Crippen molar-refractivity contribution >= 4 is 34.9 Å². The van der Waals surface area contributed by atoms with E-state index in [2.05, 4.69) is 36.3 Å². The number of hydrogen-bond donors (Lipinski definition) is 2. The number of carboxylic acids is 1. The van der Waals surface area contributed by atoms with Gasteiger partial charge in [0.1, 0.15) is 11.3 Å². The Bertz CT molecular complexity index is 1620. The van der Waals surface area contributed by atoms with Gasteiger partial charge in [-0.2, -0.15) is 0 Å². The molecule has 1 saturated carbocycles. The van der Waals surface area contributed by atoms with E-state index >= 15 is 0 Å². The molecule has 7 nitrogen and oxygen atoms in total. The summed E-state index contributed by atoms with van der Waals surface area (Å²) < 4.78 is 18.1. The van der Waals surface area contributed by atoms with E-state index in [1.165, 1.54) is 35.2 Å². The summed E-state index contributed by atoms with van der Waals surface area (Å²) in [6, 6.07) is 11.5. The maximum atomic E-state index is 12.9. The topological polar surface area (TPSA) is 89.9 Å². The SMILES string of the molecule is C[C@@H](COc1ccnc2c1[C@H](C)CCC2)CC1Cc2cc3c(cc2C12CCC(Nc1ccc(Cl)c(Cl)c1)(C(=O)O)CC2)OCO3. The van der Waals surface area contributed by atoms with Gasteiger partial charge in [0.2, 0.25) is 6.79 Å². The van der Waals surface area contributed by atoms with E-state index in [9.17, 15) is 9.90 Å². The molecule has 1 aromatic heterocycles. The number of aromatic nitrogens is 1. The van der Waals surface area contributed by atoms with Crippen molar-refractivity contribution in [3.63, 3.8) is 0 Å². The number of aryl methyl sites for hydroxylation is 1. The molecule has 3 aliphatic carbocycles. The summed E-state index contributed by atoms with van der Waals surface area (Å²) in [5.41, 5.74) is 4.44. The lowest BCUT2D eigenvalue weighted by molar-refractivity contribution is -0.144. The maximum absolute atomic E-state index is 12.9. The van der Waals surface area contributed by atoms with Crippen LogP contribution >= 0.6 is 23.2 Å².